The summed E-state index contributed by atoms with van der Waals surface area (Å²) in [6.45, 7) is 1.56. The summed E-state index contributed by atoms with van der Waals surface area (Å²) in [5, 5.41) is 0. The Morgan fingerprint density at radius 3 is 2.28 bits per heavy atom. The normalized spacial score (nSPS) is 11.8. The fourth-order valence-electron chi connectivity index (χ4n) is 2.19. The van der Waals surface area contributed by atoms with Crippen LogP contribution < -0.4 is 9.64 Å². The second-order valence-electron chi connectivity index (χ2n) is 5.42. The van der Waals surface area contributed by atoms with Crippen LogP contribution in [0.4, 0.5) is 5.69 Å². The third-order valence-corrected chi connectivity index (χ3v) is 3.64. The average molecular weight is 339 g/mol. The van der Waals surface area contributed by atoms with Crippen molar-refractivity contribution in [1.82, 2.24) is 0 Å². The summed E-state index contributed by atoms with van der Waals surface area (Å²) >= 11 is 0. The van der Waals surface area contributed by atoms with Crippen LogP contribution in [0.3, 0.4) is 0 Å². The van der Waals surface area contributed by atoms with Gasteiger partial charge in [-0.2, -0.15) is 0 Å². The number of methoxy groups -OCH3 is 1. The van der Waals surface area contributed by atoms with Gasteiger partial charge in [0.2, 0.25) is 0 Å². The molecule has 5 heteroatoms. The minimum absolute atomic E-state index is 0.294. The van der Waals surface area contributed by atoms with E-state index in [0.29, 0.717) is 0 Å². The van der Waals surface area contributed by atoms with Crippen molar-refractivity contribution in [2.45, 2.75) is 13.0 Å². The van der Waals surface area contributed by atoms with Crippen molar-refractivity contribution >= 4 is 23.6 Å². The maximum atomic E-state index is 12.3. The molecule has 0 fully saturated rings. The zero-order chi connectivity index (χ0) is 18.2. The van der Waals surface area contributed by atoms with Crippen molar-refractivity contribution in [3.8, 4) is 5.75 Å². The second kappa shape index (κ2) is 8.68. The molecule has 0 aliphatic rings. The first-order chi connectivity index (χ1) is 12.0. The smallest absolute Gasteiger partial charge is 0.331 e. The fourth-order valence-corrected chi connectivity index (χ4v) is 2.19. The van der Waals surface area contributed by atoms with E-state index in [-0.39, 0.29) is 5.91 Å². The van der Waals surface area contributed by atoms with Crippen molar-refractivity contribution in [3.63, 3.8) is 0 Å². The highest BCUT2D eigenvalue weighted by atomic mass is 16.5. The Bertz CT molecular complexity index is 738. The molecule has 0 aromatic heterocycles. The van der Waals surface area contributed by atoms with E-state index in [1.54, 1.807) is 39.3 Å². The monoisotopic (exact) mass is 339 g/mol. The van der Waals surface area contributed by atoms with Crippen molar-refractivity contribution in [1.29, 1.82) is 0 Å². The van der Waals surface area contributed by atoms with Crippen LogP contribution in [0, 0.1) is 0 Å². The van der Waals surface area contributed by atoms with Gasteiger partial charge < -0.3 is 14.4 Å². The predicted octanol–water partition coefficient (Wildman–Crippen LogP) is 3.30. The number of nitrogens with zero attached hydrogens (tertiary/aromatic N) is 1. The standard InChI is InChI=1S/C20H21NO4/c1-15(20(23)21(2)17-7-5-4-6-8-17)25-19(22)14-11-16-9-12-18(24-3)13-10-16/h4-15H,1-3H3. The Kier molecular flexibility index (Phi) is 6.34. The molecule has 0 N–H and O–H groups in total. The Morgan fingerprint density at radius 1 is 1.04 bits per heavy atom. The molecule has 1 amide bonds. The number of amides is 1. The van der Waals surface area contributed by atoms with Gasteiger partial charge in [0.25, 0.3) is 5.91 Å². The van der Waals surface area contributed by atoms with Gasteiger partial charge in [-0.1, -0.05) is 30.3 Å². The zero-order valence-corrected chi connectivity index (χ0v) is 14.5. The fraction of sp³-hybridized carbons (Fsp3) is 0.200. The second-order valence-corrected chi connectivity index (χ2v) is 5.42. The van der Waals surface area contributed by atoms with Crippen molar-refractivity contribution < 1.29 is 19.1 Å². The maximum Gasteiger partial charge on any atom is 0.331 e. The van der Waals surface area contributed by atoms with E-state index in [4.69, 9.17) is 9.47 Å². The zero-order valence-electron chi connectivity index (χ0n) is 14.5. The van der Waals surface area contributed by atoms with Crippen LogP contribution in [0.25, 0.3) is 6.08 Å². The van der Waals surface area contributed by atoms with Gasteiger partial charge >= 0.3 is 5.97 Å². The minimum atomic E-state index is -0.877. The van der Waals surface area contributed by atoms with Crippen LogP contribution >= 0.6 is 0 Å². The lowest BCUT2D eigenvalue weighted by Gasteiger charge is -2.21. The molecule has 0 saturated carbocycles. The van der Waals surface area contributed by atoms with E-state index in [0.717, 1.165) is 17.0 Å². The molecule has 2 rings (SSSR count). The van der Waals surface area contributed by atoms with Gasteiger partial charge in [-0.15, -0.1) is 0 Å². The van der Waals surface area contributed by atoms with Gasteiger partial charge in [-0.05, 0) is 42.8 Å². The molecular formula is C20H21NO4. The predicted molar refractivity (Wildman–Crippen MR) is 97.4 cm³/mol. The summed E-state index contributed by atoms with van der Waals surface area (Å²) in [5.74, 6) is -0.126. The van der Waals surface area contributed by atoms with E-state index in [9.17, 15) is 9.59 Å². The lowest BCUT2D eigenvalue weighted by Crippen LogP contribution is -2.37. The average Bonchev–Trinajstić information content (AvgIpc) is 2.66. The number of ether oxygens (including phenoxy) is 2. The number of benzene rings is 2. The van der Waals surface area contributed by atoms with Crippen LogP contribution in [-0.2, 0) is 14.3 Å². The molecule has 0 aliphatic heterocycles. The molecule has 2 aromatic carbocycles. The summed E-state index contributed by atoms with van der Waals surface area (Å²) in [4.78, 5) is 25.7. The summed E-state index contributed by atoms with van der Waals surface area (Å²) < 4.78 is 10.3. The third-order valence-electron chi connectivity index (χ3n) is 3.64. The summed E-state index contributed by atoms with van der Waals surface area (Å²) in [7, 11) is 3.24. The van der Waals surface area contributed by atoms with Gasteiger partial charge in [0.15, 0.2) is 6.10 Å². The summed E-state index contributed by atoms with van der Waals surface area (Å²) in [5.41, 5.74) is 1.57. The molecular weight excluding hydrogens is 318 g/mol. The first-order valence-electron chi connectivity index (χ1n) is 7.86. The quantitative estimate of drug-likeness (QED) is 0.598. The maximum absolute atomic E-state index is 12.3. The van der Waals surface area contributed by atoms with E-state index in [2.05, 4.69) is 0 Å². The first kappa shape index (κ1) is 18.3. The summed E-state index contributed by atoms with van der Waals surface area (Å²) in [6.07, 6.45) is 2.05. The molecule has 0 aliphatic carbocycles. The highest BCUT2D eigenvalue weighted by molar-refractivity contribution is 5.98. The van der Waals surface area contributed by atoms with Crippen LogP contribution in [-0.4, -0.2) is 32.1 Å². The third kappa shape index (κ3) is 5.21. The Labute approximate surface area is 147 Å². The van der Waals surface area contributed by atoms with Gasteiger partial charge in [-0.3, -0.25) is 4.79 Å². The number of hydrogen-bond acceptors (Lipinski definition) is 4. The SMILES string of the molecule is COc1ccc(C=CC(=O)OC(C)C(=O)N(C)c2ccccc2)cc1. The van der Waals surface area contributed by atoms with Gasteiger partial charge in [0.1, 0.15) is 5.75 Å². The number of carbonyl (C=O) groups excluding carboxylic acids is 2. The van der Waals surface area contributed by atoms with Gasteiger partial charge in [0.05, 0.1) is 7.11 Å². The number of rotatable bonds is 6. The molecule has 0 heterocycles. The van der Waals surface area contributed by atoms with Crippen LogP contribution in [0.5, 0.6) is 5.75 Å². The lowest BCUT2D eigenvalue weighted by molar-refractivity contribution is -0.148. The number of carbonyl (C=O) groups is 2. The van der Waals surface area contributed by atoms with Gasteiger partial charge in [0, 0.05) is 18.8 Å². The van der Waals surface area contributed by atoms with Crippen molar-refractivity contribution in [3.05, 3.63) is 66.2 Å². The molecule has 5 nitrogen and oxygen atoms in total. The molecule has 1 unspecified atom stereocenters. The van der Waals surface area contributed by atoms with Crippen LogP contribution in [0.1, 0.15) is 12.5 Å². The highest BCUT2D eigenvalue weighted by Gasteiger charge is 2.21. The van der Waals surface area contributed by atoms with Gasteiger partial charge in [-0.25, -0.2) is 4.79 Å². The number of likely N-dealkylation sites (N-methyl/N-ethyl adjacent to an activating group) is 1. The first-order valence-corrected chi connectivity index (χ1v) is 7.86. The molecule has 0 saturated heterocycles. The number of para-hydroxylation sites is 1. The lowest BCUT2D eigenvalue weighted by atomic mass is 10.2. The topological polar surface area (TPSA) is 55.8 Å². The molecule has 1 atom stereocenters. The molecule has 0 spiro atoms. The minimum Gasteiger partial charge on any atom is -0.497 e. The number of esters is 1. The molecule has 25 heavy (non-hydrogen) atoms. The van der Waals surface area contributed by atoms with Crippen molar-refractivity contribution in [2.75, 3.05) is 19.1 Å². The molecule has 0 radical (unpaired) electrons. The van der Waals surface area contributed by atoms with Crippen LogP contribution in [0.15, 0.2) is 60.7 Å². The van der Waals surface area contributed by atoms with E-state index in [1.165, 1.54) is 11.0 Å². The Hall–Kier alpha value is -3.08. The largest absolute Gasteiger partial charge is 0.497 e. The van der Waals surface area contributed by atoms with E-state index >= 15 is 0 Å². The van der Waals surface area contributed by atoms with Crippen LogP contribution in [0.2, 0.25) is 0 Å². The van der Waals surface area contributed by atoms with E-state index in [1.807, 2.05) is 42.5 Å². The molecule has 130 valence electrons. The Balaban J connectivity index is 1.92. The molecule has 0 bridgehead atoms. The Morgan fingerprint density at radius 2 is 1.68 bits per heavy atom. The molecule has 2 aromatic rings. The van der Waals surface area contributed by atoms with Crippen molar-refractivity contribution in [2.24, 2.45) is 0 Å². The highest BCUT2D eigenvalue weighted by Crippen LogP contribution is 2.14. The summed E-state index contributed by atoms with van der Waals surface area (Å²) in [6, 6.07) is 16.4. The number of hydrogen-bond donors (Lipinski definition) is 0. The number of anilines is 1. The van der Waals surface area contributed by atoms with E-state index < -0.39 is 12.1 Å².